The lowest BCUT2D eigenvalue weighted by Crippen LogP contribution is -2.24. The van der Waals surface area contributed by atoms with Gasteiger partial charge in [0.1, 0.15) is 5.71 Å². The number of halogens is 1. The fraction of sp³-hybridized carbons (Fsp3) is 0.292. The third-order valence-electron chi connectivity index (χ3n) is 4.94. The molecule has 0 fully saturated rings. The minimum absolute atomic E-state index is 0.00621. The first kappa shape index (κ1) is 25.3. The first-order chi connectivity index (χ1) is 15.0. The zero-order valence-electron chi connectivity index (χ0n) is 18.9. The highest BCUT2D eigenvalue weighted by atomic mass is 79.9. The molecule has 2 rings (SSSR count). The van der Waals surface area contributed by atoms with Crippen molar-refractivity contribution in [3.8, 4) is 0 Å². The van der Waals surface area contributed by atoms with Gasteiger partial charge in [-0.1, -0.05) is 67.0 Å². The number of hydrogen-bond donors (Lipinski definition) is 5. The van der Waals surface area contributed by atoms with Crippen LogP contribution in [0.2, 0.25) is 0 Å². The summed E-state index contributed by atoms with van der Waals surface area (Å²) in [5, 5.41) is 35.1. The van der Waals surface area contributed by atoms with Crippen LogP contribution >= 0.6 is 15.9 Å². The summed E-state index contributed by atoms with van der Waals surface area (Å²) in [6, 6.07) is 12.5. The molecule has 0 bridgehead atoms. The molecule has 0 aliphatic carbocycles. The summed E-state index contributed by atoms with van der Waals surface area (Å²) in [6.07, 6.45) is 0. The maximum absolute atomic E-state index is 12.4. The Morgan fingerprint density at radius 2 is 1.72 bits per heavy atom. The molecule has 8 heteroatoms. The van der Waals surface area contributed by atoms with Gasteiger partial charge in [0, 0.05) is 22.6 Å². The van der Waals surface area contributed by atoms with Crippen LogP contribution in [0.4, 0.5) is 0 Å². The van der Waals surface area contributed by atoms with Crippen molar-refractivity contribution in [3.63, 3.8) is 0 Å². The minimum atomic E-state index is -0.475. The number of allylic oxidation sites excluding steroid dienone is 1. The molecule has 0 unspecified atom stereocenters. The summed E-state index contributed by atoms with van der Waals surface area (Å²) >= 11 is 3.30. The molecule has 0 spiro atoms. The molecule has 0 saturated heterocycles. The SMILES string of the molecule is CN/C(=C(/O)C(=N)/C(C)=N/NC(=O)c1ccc(CO)c(Br)c1)c1ccc(C(C)(C)C)cc1. The van der Waals surface area contributed by atoms with Gasteiger partial charge >= 0.3 is 0 Å². The summed E-state index contributed by atoms with van der Waals surface area (Å²) in [5.41, 5.74) is 5.60. The molecule has 2 aromatic carbocycles. The van der Waals surface area contributed by atoms with Gasteiger partial charge in [-0.3, -0.25) is 10.2 Å². The molecule has 0 aromatic heterocycles. The number of amides is 1. The van der Waals surface area contributed by atoms with Gasteiger partial charge in [0.15, 0.2) is 5.76 Å². The summed E-state index contributed by atoms with van der Waals surface area (Å²) in [7, 11) is 1.67. The van der Waals surface area contributed by atoms with E-state index in [-0.39, 0.29) is 29.2 Å². The second-order valence-corrected chi connectivity index (χ2v) is 9.13. The Bertz CT molecular complexity index is 1070. The summed E-state index contributed by atoms with van der Waals surface area (Å²) in [6.45, 7) is 7.75. The zero-order valence-corrected chi connectivity index (χ0v) is 20.5. The molecule has 170 valence electrons. The molecule has 0 radical (unpaired) electrons. The van der Waals surface area contributed by atoms with Gasteiger partial charge in [-0.25, -0.2) is 5.43 Å². The zero-order chi connectivity index (χ0) is 24.1. The smallest absolute Gasteiger partial charge is 0.271 e. The molecule has 7 nitrogen and oxygen atoms in total. The highest BCUT2D eigenvalue weighted by molar-refractivity contribution is 9.10. The van der Waals surface area contributed by atoms with Crippen LogP contribution in [0.5, 0.6) is 0 Å². The number of hydrazone groups is 1. The summed E-state index contributed by atoms with van der Waals surface area (Å²) in [5.74, 6) is -0.751. The fourth-order valence-electron chi connectivity index (χ4n) is 2.90. The van der Waals surface area contributed by atoms with E-state index in [0.717, 1.165) is 11.1 Å². The van der Waals surface area contributed by atoms with Gasteiger partial charge in [0.25, 0.3) is 5.91 Å². The fourth-order valence-corrected chi connectivity index (χ4v) is 3.41. The Morgan fingerprint density at radius 1 is 1.12 bits per heavy atom. The predicted octanol–water partition coefficient (Wildman–Crippen LogP) is 4.51. The first-order valence-corrected chi connectivity index (χ1v) is 10.8. The number of aliphatic hydroxyl groups is 2. The highest BCUT2D eigenvalue weighted by Crippen LogP contribution is 2.24. The number of rotatable bonds is 7. The van der Waals surface area contributed by atoms with Crippen LogP contribution in [0.1, 0.15) is 54.7 Å². The third kappa shape index (κ3) is 6.05. The minimum Gasteiger partial charge on any atom is -0.504 e. The topological polar surface area (TPSA) is 118 Å². The second kappa shape index (κ2) is 10.6. The molecule has 1 amide bonds. The lowest BCUT2D eigenvalue weighted by atomic mass is 9.86. The van der Waals surface area contributed by atoms with Crippen LogP contribution in [0.15, 0.2) is 57.8 Å². The van der Waals surface area contributed by atoms with Crippen LogP contribution in [-0.4, -0.2) is 34.6 Å². The molecule has 0 atom stereocenters. The molecule has 0 aliphatic rings. The molecular formula is C24H29BrN4O3. The van der Waals surface area contributed by atoms with E-state index < -0.39 is 5.91 Å². The van der Waals surface area contributed by atoms with Crippen molar-refractivity contribution in [1.82, 2.24) is 10.7 Å². The highest BCUT2D eigenvalue weighted by Gasteiger charge is 2.17. The van der Waals surface area contributed by atoms with E-state index in [2.05, 4.69) is 52.5 Å². The Balaban J connectivity index is 2.21. The Kier molecular flexibility index (Phi) is 8.35. The van der Waals surface area contributed by atoms with E-state index >= 15 is 0 Å². The van der Waals surface area contributed by atoms with Crippen LogP contribution in [0.25, 0.3) is 5.70 Å². The Labute approximate surface area is 196 Å². The molecule has 0 heterocycles. The van der Waals surface area contributed by atoms with Crippen molar-refractivity contribution < 1.29 is 15.0 Å². The lowest BCUT2D eigenvalue weighted by Gasteiger charge is -2.20. The average molecular weight is 501 g/mol. The molecule has 0 saturated carbocycles. The molecular weight excluding hydrogens is 472 g/mol. The number of aliphatic hydroxyl groups excluding tert-OH is 2. The predicted molar refractivity (Wildman–Crippen MR) is 132 cm³/mol. The number of carbonyl (C=O) groups excluding carboxylic acids is 1. The normalized spacial score (nSPS) is 12.8. The van der Waals surface area contributed by atoms with E-state index in [1.54, 1.807) is 25.2 Å². The molecule has 32 heavy (non-hydrogen) atoms. The standard InChI is InChI=1S/C24H29BrN4O3/c1-14(28-29-23(32)16-6-7-17(13-30)19(25)12-16)20(26)22(31)21(27-5)15-8-10-18(11-9-15)24(2,3)4/h6-12,26-27,30-31H,13H2,1-5H3,(H,29,32)/b22-21+,26-20?,28-14+. The van der Waals surface area contributed by atoms with Crippen molar-refractivity contribution in [2.45, 2.75) is 39.7 Å². The molecule has 2 aromatic rings. The van der Waals surface area contributed by atoms with E-state index in [1.807, 2.05) is 24.3 Å². The third-order valence-corrected chi connectivity index (χ3v) is 5.67. The Morgan fingerprint density at radius 3 is 2.22 bits per heavy atom. The summed E-state index contributed by atoms with van der Waals surface area (Å²) < 4.78 is 0.609. The van der Waals surface area contributed by atoms with E-state index in [4.69, 9.17) is 5.41 Å². The van der Waals surface area contributed by atoms with E-state index in [0.29, 0.717) is 21.3 Å². The summed E-state index contributed by atoms with van der Waals surface area (Å²) in [4.78, 5) is 12.4. The van der Waals surface area contributed by atoms with Gasteiger partial charge in [-0.05, 0) is 35.6 Å². The quantitative estimate of drug-likeness (QED) is 0.218. The van der Waals surface area contributed by atoms with Gasteiger partial charge in [0.05, 0.1) is 18.0 Å². The second-order valence-electron chi connectivity index (χ2n) is 8.28. The van der Waals surface area contributed by atoms with Crippen molar-refractivity contribution in [3.05, 3.63) is 75.0 Å². The van der Waals surface area contributed by atoms with Gasteiger partial charge in [-0.15, -0.1) is 0 Å². The number of nitrogens with one attached hydrogen (secondary N) is 3. The van der Waals surface area contributed by atoms with Crippen molar-refractivity contribution in [2.75, 3.05) is 7.05 Å². The first-order valence-electron chi connectivity index (χ1n) is 10.0. The van der Waals surface area contributed by atoms with Gasteiger partial charge in [-0.2, -0.15) is 5.10 Å². The van der Waals surface area contributed by atoms with Crippen molar-refractivity contribution in [2.24, 2.45) is 5.10 Å². The number of benzene rings is 2. The average Bonchev–Trinajstić information content (AvgIpc) is 2.76. The van der Waals surface area contributed by atoms with Crippen LogP contribution in [0.3, 0.4) is 0 Å². The van der Waals surface area contributed by atoms with E-state index in [1.165, 1.54) is 6.92 Å². The van der Waals surface area contributed by atoms with Crippen molar-refractivity contribution in [1.29, 1.82) is 5.41 Å². The Hall–Kier alpha value is -2.97. The van der Waals surface area contributed by atoms with Crippen LogP contribution in [0, 0.1) is 5.41 Å². The van der Waals surface area contributed by atoms with E-state index in [9.17, 15) is 15.0 Å². The molecule has 5 N–H and O–H groups in total. The lowest BCUT2D eigenvalue weighted by molar-refractivity contribution is 0.0954. The monoisotopic (exact) mass is 500 g/mol. The number of hydrogen-bond acceptors (Lipinski definition) is 6. The van der Waals surface area contributed by atoms with Crippen LogP contribution < -0.4 is 10.7 Å². The van der Waals surface area contributed by atoms with Gasteiger partial charge in [0.2, 0.25) is 0 Å². The van der Waals surface area contributed by atoms with Crippen molar-refractivity contribution >= 4 is 39.0 Å². The maximum atomic E-state index is 12.4. The molecule has 0 aliphatic heterocycles. The number of carbonyl (C=O) groups is 1. The number of nitrogens with zero attached hydrogens (tertiary/aromatic N) is 1. The maximum Gasteiger partial charge on any atom is 0.271 e. The van der Waals surface area contributed by atoms with Crippen LogP contribution in [-0.2, 0) is 12.0 Å². The largest absolute Gasteiger partial charge is 0.504 e. The van der Waals surface area contributed by atoms with Gasteiger partial charge < -0.3 is 15.5 Å².